The summed E-state index contributed by atoms with van der Waals surface area (Å²) >= 11 is 0. The van der Waals surface area contributed by atoms with Gasteiger partial charge in [-0.15, -0.1) is 0 Å². The Morgan fingerprint density at radius 1 is 1.35 bits per heavy atom. The van der Waals surface area contributed by atoms with Gasteiger partial charge in [0.2, 0.25) is 0 Å². The molecule has 2 rings (SSSR count). The number of benzene rings is 1. The van der Waals surface area contributed by atoms with Gasteiger partial charge in [0.05, 0.1) is 0 Å². The zero-order valence-electron chi connectivity index (χ0n) is 10.2. The Balaban J connectivity index is 2.34. The van der Waals surface area contributed by atoms with E-state index in [2.05, 4.69) is 4.90 Å². The summed E-state index contributed by atoms with van der Waals surface area (Å²) in [5.41, 5.74) is 6.34. The SMILES string of the molecule is CC(C)N1CC(N)CC1c1cc(F)ccc1F. The second kappa shape index (κ2) is 4.70. The zero-order chi connectivity index (χ0) is 12.6. The Morgan fingerprint density at radius 2 is 2.06 bits per heavy atom. The number of nitrogens with two attached hydrogens (primary N) is 1. The summed E-state index contributed by atoms with van der Waals surface area (Å²) in [5, 5.41) is 0. The predicted octanol–water partition coefficient (Wildman–Crippen LogP) is 2.45. The molecular weight excluding hydrogens is 222 g/mol. The topological polar surface area (TPSA) is 29.3 Å². The average Bonchev–Trinajstić information content (AvgIpc) is 2.64. The monoisotopic (exact) mass is 240 g/mol. The van der Waals surface area contributed by atoms with Crippen molar-refractivity contribution in [3.63, 3.8) is 0 Å². The highest BCUT2D eigenvalue weighted by Crippen LogP contribution is 2.34. The van der Waals surface area contributed by atoms with E-state index in [9.17, 15) is 8.78 Å². The van der Waals surface area contributed by atoms with Crippen LogP contribution in [0.4, 0.5) is 8.78 Å². The van der Waals surface area contributed by atoms with Gasteiger partial charge in [0.15, 0.2) is 0 Å². The van der Waals surface area contributed by atoms with Gasteiger partial charge in [-0.1, -0.05) is 0 Å². The predicted molar refractivity (Wildman–Crippen MR) is 63.5 cm³/mol. The largest absolute Gasteiger partial charge is 0.326 e. The third kappa shape index (κ3) is 2.48. The molecule has 1 fully saturated rings. The highest BCUT2D eigenvalue weighted by atomic mass is 19.1. The lowest BCUT2D eigenvalue weighted by atomic mass is 10.0. The first-order valence-electron chi connectivity index (χ1n) is 5.95. The molecule has 4 heteroatoms. The maximum atomic E-state index is 13.8. The molecule has 2 atom stereocenters. The van der Waals surface area contributed by atoms with E-state index >= 15 is 0 Å². The van der Waals surface area contributed by atoms with E-state index in [0.29, 0.717) is 12.0 Å². The van der Waals surface area contributed by atoms with E-state index in [1.165, 1.54) is 12.1 Å². The number of likely N-dealkylation sites (tertiary alicyclic amines) is 1. The van der Waals surface area contributed by atoms with Crippen LogP contribution >= 0.6 is 0 Å². The van der Waals surface area contributed by atoms with Gasteiger partial charge < -0.3 is 5.73 Å². The molecule has 0 saturated carbocycles. The van der Waals surface area contributed by atoms with Crippen LogP contribution < -0.4 is 5.73 Å². The molecule has 2 N–H and O–H groups in total. The molecule has 2 unspecified atom stereocenters. The minimum Gasteiger partial charge on any atom is -0.326 e. The van der Waals surface area contributed by atoms with Crippen LogP contribution in [0.5, 0.6) is 0 Å². The molecular formula is C13H18F2N2. The molecule has 0 aromatic heterocycles. The molecule has 1 heterocycles. The number of halogens is 2. The molecule has 1 aliphatic rings. The van der Waals surface area contributed by atoms with E-state index in [4.69, 9.17) is 5.73 Å². The van der Waals surface area contributed by atoms with Crippen molar-refractivity contribution >= 4 is 0 Å². The first kappa shape index (κ1) is 12.5. The van der Waals surface area contributed by atoms with E-state index in [0.717, 1.165) is 12.6 Å². The molecule has 0 radical (unpaired) electrons. The number of hydrogen-bond donors (Lipinski definition) is 1. The second-order valence-electron chi connectivity index (χ2n) is 4.97. The Morgan fingerprint density at radius 3 is 2.71 bits per heavy atom. The second-order valence-corrected chi connectivity index (χ2v) is 4.97. The summed E-state index contributed by atoms with van der Waals surface area (Å²) in [6.45, 7) is 4.82. The summed E-state index contributed by atoms with van der Waals surface area (Å²) in [4.78, 5) is 2.13. The third-order valence-corrected chi connectivity index (χ3v) is 3.35. The van der Waals surface area contributed by atoms with E-state index < -0.39 is 5.82 Å². The quantitative estimate of drug-likeness (QED) is 0.860. The fourth-order valence-corrected chi connectivity index (χ4v) is 2.54. The molecule has 0 aliphatic carbocycles. The van der Waals surface area contributed by atoms with E-state index in [1.807, 2.05) is 13.8 Å². The van der Waals surface area contributed by atoms with Crippen molar-refractivity contribution in [1.29, 1.82) is 0 Å². The third-order valence-electron chi connectivity index (χ3n) is 3.35. The van der Waals surface area contributed by atoms with Crippen molar-refractivity contribution in [2.45, 2.75) is 38.4 Å². The fraction of sp³-hybridized carbons (Fsp3) is 0.538. The summed E-state index contributed by atoms with van der Waals surface area (Å²) < 4.78 is 27.0. The van der Waals surface area contributed by atoms with Crippen LogP contribution in [0.15, 0.2) is 18.2 Å². The Bertz CT molecular complexity index is 406. The maximum Gasteiger partial charge on any atom is 0.128 e. The number of nitrogens with zero attached hydrogens (tertiary/aromatic N) is 1. The summed E-state index contributed by atoms with van der Waals surface area (Å²) in [6.07, 6.45) is 0.679. The summed E-state index contributed by atoms with van der Waals surface area (Å²) in [7, 11) is 0. The normalized spacial score (nSPS) is 25.8. The molecule has 94 valence electrons. The number of rotatable bonds is 2. The number of hydrogen-bond acceptors (Lipinski definition) is 2. The molecule has 1 aliphatic heterocycles. The van der Waals surface area contributed by atoms with Crippen molar-refractivity contribution in [2.75, 3.05) is 6.54 Å². The maximum absolute atomic E-state index is 13.8. The highest BCUT2D eigenvalue weighted by molar-refractivity contribution is 5.24. The first-order valence-corrected chi connectivity index (χ1v) is 5.95. The summed E-state index contributed by atoms with van der Waals surface area (Å²) in [5.74, 6) is -0.748. The van der Waals surface area contributed by atoms with Gasteiger partial charge in [-0.2, -0.15) is 0 Å². The molecule has 0 amide bonds. The summed E-state index contributed by atoms with van der Waals surface area (Å²) in [6, 6.07) is 3.82. The lowest BCUT2D eigenvalue weighted by molar-refractivity contribution is 0.200. The van der Waals surface area contributed by atoms with Gasteiger partial charge >= 0.3 is 0 Å². The van der Waals surface area contributed by atoms with Crippen LogP contribution in [0.25, 0.3) is 0 Å². The first-order chi connectivity index (χ1) is 7.99. The molecule has 1 saturated heterocycles. The van der Waals surface area contributed by atoms with Crippen LogP contribution in [0.3, 0.4) is 0 Å². The average molecular weight is 240 g/mol. The van der Waals surface area contributed by atoms with Gasteiger partial charge in [-0.3, -0.25) is 4.90 Å². The van der Waals surface area contributed by atoms with Crippen molar-refractivity contribution < 1.29 is 8.78 Å². The van der Waals surface area contributed by atoms with Crippen LogP contribution in [-0.4, -0.2) is 23.5 Å². The van der Waals surface area contributed by atoms with Crippen molar-refractivity contribution in [3.05, 3.63) is 35.4 Å². The minimum atomic E-state index is -0.398. The van der Waals surface area contributed by atoms with E-state index in [1.54, 1.807) is 0 Å². The Kier molecular flexibility index (Phi) is 3.45. The van der Waals surface area contributed by atoms with E-state index in [-0.39, 0.29) is 23.9 Å². The lowest BCUT2D eigenvalue weighted by Crippen LogP contribution is -2.33. The Labute approximate surface area is 100 Å². The van der Waals surface area contributed by atoms with Gasteiger partial charge in [0.25, 0.3) is 0 Å². The molecule has 2 nitrogen and oxygen atoms in total. The van der Waals surface area contributed by atoms with Gasteiger partial charge in [0, 0.05) is 30.2 Å². The minimum absolute atomic E-state index is 0.0325. The molecule has 17 heavy (non-hydrogen) atoms. The van der Waals surface area contributed by atoms with Crippen LogP contribution in [-0.2, 0) is 0 Å². The smallest absolute Gasteiger partial charge is 0.128 e. The van der Waals surface area contributed by atoms with Crippen LogP contribution in [0.1, 0.15) is 31.9 Å². The molecule has 0 spiro atoms. The van der Waals surface area contributed by atoms with Gasteiger partial charge in [0.1, 0.15) is 11.6 Å². The van der Waals surface area contributed by atoms with Gasteiger partial charge in [-0.05, 0) is 38.5 Å². The van der Waals surface area contributed by atoms with Crippen LogP contribution in [0, 0.1) is 11.6 Å². The van der Waals surface area contributed by atoms with Crippen molar-refractivity contribution in [1.82, 2.24) is 4.90 Å². The fourth-order valence-electron chi connectivity index (χ4n) is 2.54. The molecule has 0 bridgehead atoms. The van der Waals surface area contributed by atoms with Crippen LogP contribution in [0.2, 0.25) is 0 Å². The highest BCUT2D eigenvalue weighted by Gasteiger charge is 2.34. The van der Waals surface area contributed by atoms with Crippen molar-refractivity contribution in [2.24, 2.45) is 5.73 Å². The molecule has 1 aromatic carbocycles. The molecule has 1 aromatic rings. The van der Waals surface area contributed by atoms with Gasteiger partial charge in [-0.25, -0.2) is 8.78 Å². The van der Waals surface area contributed by atoms with Crippen molar-refractivity contribution in [3.8, 4) is 0 Å². The standard InChI is InChI=1S/C13H18F2N2/c1-8(2)17-7-10(16)6-13(17)11-5-9(14)3-4-12(11)15/h3-5,8,10,13H,6-7,16H2,1-2H3. The zero-order valence-corrected chi connectivity index (χ0v) is 10.2. The lowest BCUT2D eigenvalue weighted by Gasteiger charge is -2.28. The Hall–Kier alpha value is -1.00.